The van der Waals surface area contributed by atoms with Crippen LogP contribution < -0.4 is 11.3 Å². The Bertz CT molecular complexity index is 1060. The Morgan fingerprint density at radius 2 is 1.62 bits per heavy atom. The zero-order valence-corrected chi connectivity index (χ0v) is 20.1. The highest BCUT2D eigenvalue weighted by Crippen LogP contribution is 2.44. The fraction of sp³-hybridized carbons (Fsp3) is 0.667. The van der Waals surface area contributed by atoms with E-state index >= 15 is 0 Å². The number of fused-ring (bicyclic) bond motifs is 3. The summed E-state index contributed by atoms with van der Waals surface area (Å²) in [6.45, 7) is -0.382. The van der Waals surface area contributed by atoms with E-state index in [2.05, 4.69) is 9.88 Å². The van der Waals surface area contributed by atoms with Gasteiger partial charge in [0.05, 0.1) is 23.6 Å². The van der Waals surface area contributed by atoms with E-state index in [0.29, 0.717) is 23.8 Å². The first-order chi connectivity index (χ1) is 16.6. The van der Waals surface area contributed by atoms with Crippen LogP contribution in [-0.2, 0) is 11.2 Å². The van der Waals surface area contributed by atoms with Gasteiger partial charge in [0.2, 0.25) is 5.91 Å². The molecule has 3 fully saturated rings. The first kappa shape index (κ1) is 23.5. The summed E-state index contributed by atoms with van der Waals surface area (Å²) in [5.74, 6) is -1.40. The van der Waals surface area contributed by atoms with E-state index in [1.54, 1.807) is 0 Å². The molecule has 1 aliphatic carbocycles. The monoisotopic (exact) mass is 466 g/mol. The minimum Gasteiger partial charge on any atom is -0.396 e. The smallest absolute Gasteiger partial charge is 0.273 e. The predicted molar refractivity (Wildman–Crippen MR) is 133 cm³/mol. The lowest BCUT2D eigenvalue weighted by Crippen LogP contribution is -2.50. The number of benzene rings is 1. The maximum atomic E-state index is 13.7. The molecule has 1 aromatic carbocycles. The number of nitrogens with zero attached hydrogens (tertiary/aromatic N) is 3. The van der Waals surface area contributed by atoms with Crippen LogP contribution in [0.15, 0.2) is 29.1 Å². The summed E-state index contributed by atoms with van der Waals surface area (Å²) in [6, 6.07) is 9.67. The first-order valence-electron chi connectivity index (χ1n) is 13.2. The van der Waals surface area contributed by atoms with Crippen molar-refractivity contribution in [3.05, 3.63) is 40.3 Å². The Balaban J connectivity index is 1.46. The Kier molecular flexibility index (Phi) is 7.02. The number of nitrogens with two attached hydrogens (primary N) is 1. The summed E-state index contributed by atoms with van der Waals surface area (Å²) >= 11 is 0. The number of piperidine rings is 1. The van der Waals surface area contributed by atoms with Crippen molar-refractivity contribution in [1.82, 2.24) is 14.5 Å². The second kappa shape index (κ2) is 10.2. The molecule has 0 spiro atoms. The van der Waals surface area contributed by atoms with Crippen molar-refractivity contribution in [3.63, 3.8) is 0 Å². The number of para-hydroxylation sites is 2. The predicted octanol–water partition coefficient (Wildman–Crippen LogP) is 3.31. The molecule has 2 saturated heterocycles. The standard InChI is InChI=1S/C27H38N4O3/c28-26(33)18(17-32)14-24-27(34)31(25-11-7-6-10-23(25)29-24)22-15-20-12-13-21(16-22)30(20)19-8-4-2-1-3-5-9-19/h6-7,10-11,18-22,32H,1-5,8-9,12-17H2,(H2,28,33)/t18-,20-,21+,22?/m0/s1. The molecule has 3 heterocycles. The largest absolute Gasteiger partial charge is 0.396 e. The first-order valence-corrected chi connectivity index (χ1v) is 13.2. The highest BCUT2D eigenvalue weighted by atomic mass is 16.3. The molecule has 7 heteroatoms. The van der Waals surface area contributed by atoms with Crippen LogP contribution in [0, 0.1) is 5.92 Å². The topological polar surface area (TPSA) is 101 Å². The molecule has 1 saturated carbocycles. The highest BCUT2D eigenvalue weighted by molar-refractivity contribution is 5.77. The minimum atomic E-state index is -0.799. The number of aliphatic hydroxyl groups excluding tert-OH is 1. The van der Waals surface area contributed by atoms with E-state index in [1.807, 2.05) is 28.8 Å². The van der Waals surface area contributed by atoms with E-state index in [0.717, 1.165) is 23.9 Å². The Morgan fingerprint density at radius 3 is 2.26 bits per heavy atom. The van der Waals surface area contributed by atoms with Gasteiger partial charge in [-0.25, -0.2) is 4.98 Å². The van der Waals surface area contributed by atoms with E-state index in [9.17, 15) is 14.7 Å². The van der Waals surface area contributed by atoms with Gasteiger partial charge in [0.15, 0.2) is 0 Å². The van der Waals surface area contributed by atoms with Crippen molar-refractivity contribution in [2.75, 3.05) is 6.61 Å². The normalized spacial score (nSPS) is 27.4. The number of carbonyl (C=O) groups excluding carboxylic acids is 1. The molecule has 5 rings (SSSR count). The molecule has 2 aromatic rings. The summed E-state index contributed by atoms with van der Waals surface area (Å²) in [6.07, 6.45) is 13.9. The van der Waals surface area contributed by atoms with Crippen molar-refractivity contribution in [3.8, 4) is 0 Å². The van der Waals surface area contributed by atoms with Crippen LogP contribution in [0.25, 0.3) is 11.0 Å². The maximum absolute atomic E-state index is 13.7. The van der Waals surface area contributed by atoms with Crippen LogP contribution in [0.2, 0.25) is 0 Å². The lowest BCUT2D eigenvalue weighted by atomic mass is 9.89. The average molecular weight is 467 g/mol. The zero-order valence-electron chi connectivity index (χ0n) is 20.1. The van der Waals surface area contributed by atoms with Crippen LogP contribution >= 0.6 is 0 Å². The fourth-order valence-corrected chi connectivity index (χ4v) is 6.91. The molecule has 2 bridgehead atoms. The van der Waals surface area contributed by atoms with Gasteiger partial charge in [0.1, 0.15) is 5.69 Å². The second-order valence-electron chi connectivity index (χ2n) is 10.7. The van der Waals surface area contributed by atoms with Gasteiger partial charge in [0.25, 0.3) is 5.56 Å². The molecule has 4 atom stereocenters. The number of amides is 1. The molecule has 2 aliphatic heterocycles. The summed E-state index contributed by atoms with van der Waals surface area (Å²) in [5.41, 5.74) is 7.26. The van der Waals surface area contributed by atoms with E-state index in [4.69, 9.17) is 5.73 Å². The van der Waals surface area contributed by atoms with Crippen LogP contribution in [0.1, 0.15) is 82.4 Å². The van der Waals surface area contributed by atoms with Crippen LogP contribution in [0.5, 0.6) is 0 Å². The van der Waals surface area contributed by atoms with Crippen molar-refractivity contribution in [2.24, 2.45) is 11.7 Å². The molecule has 1 aromatic heterocycles. The third kappa shape index (κ3) is 4.52. The summed E-state index contributed by atoms with van der Waals surface area (Å²) in [4.78, 5) is 32.9. The van der Waals surface area contributed by atoms with Gasteiger partial charge in [-0.05, 0) is 50.7 Å². The van der Waals surface area contributed by atoms with Crippen molar-refractivity contribution >= 4 is 16.9 Å². The molecule has 3 N–H and O–H groups in total. The van der Waals surface area contributed by atoms with Crippen molar-refractivity contribution < 1.29 is 9.90 Å². The number of rotatable bonds is 6. The highest BCUT2D eigenvalue weighted by Gasteiger charge is 2.44. The van der Waals surface area contributed by atoms with Gasteiger partial charge >= 0.3 is 0 Å². The van der Waals surface area contributed by atoms with Gasteiger partial charge in [0, 0.05) is 30.6 Å². The molecule has 0 radical (unpaired) electrons. The molecule has 7 nitrogen and oxygen atoms in total. The van der Waals surface area contributed by atoms with Crippen LogP contribution in [0.4, 0.5) is 0 Å². The molecule has 1 amide bonds. The molecule has 184 valence electrons. The number of carbonyl (C=O) groups is 1. The van der Waals surface area contributed by atoms with Crippen LogP contribution in [-0.4, -0.2) is 50.2 Å². The van der Waals surface area contributed by atoms with E-state index in [-0.39, 0.29) is 24.6 Å². The lowest BCUT2D eigenvalue weighted by molar-refractivity contribution is -0.122. The molecule has 3 aliphatic rings. The van der Waals surface area contributed by atoms with Gasteiger partial charge in [-0.1, -0.05) is 44.2 Å². The van der Waals surface area contributed by atoms with Gasteiger partial charge in [-0.15, -0.1) is 0 Å². The number of primary amides is 1. The van der Waals surface area contributed by atoms with Crippen molar-refractivity contribution in [1.29, 1.82) is 0 Å². The Morgan fingerprint density at radius 1 is 0.971 bits per heavy atom. The molecular weight excluding hydrogens is 428 g/mol. The van der Waals surface area contributed by atoms with Gasteiger partial charge in [-0.2, -0.15) is 0 Å². The number of hydrogen-bond donors (Lipinski definition) is 2. The number of aliphatic hydroxyl groups is 1. The third-order valence-electron chi connectivity index (χ3n) is 8.55. The van der Waals surface area contributed by atoms with Gasteiger partial charge < -0.3 is 15.4 Å². The maximum Gasteiger partial charge on any atom is 0.273 e. The van der Waals surface area contributed by atoms with Crippen LogP contribution in [0.3, 0.4) is 0 Å². The average Bonchev–Trinajstić information content (AvgIpc) is 3.06. The Hall–Kier alpha value is -2.25. The molecule has 34 heavy (non-hydrogen) atoms. The third-order valence-corrected chi connectivity index (χ3v) is 8.55. The Labute approximate surface area is 201 Å². The summed E-state index contributed by atoms with van der Waals surface area (Å²) in [7, 11) is 0. The SMILES string of the molecule is NC(=O)[C@H](CO)Cc1nc2ccccc2n(C2C[C@H]3CC[C@@H](C2)N3C2CCCCCCC2)c1=O. The fourth-order valence-electron chi connectivity index (χ4n) is 6.91. The summed E-state index contributed by atoms with van der Waals surface area (Å²) in [5, 5.41) is 9.61. The quantitative estimate of drug-likeness (QED) is 0.680. The minimum absolute atomic E-state index is 0.0727. The van der Waals surface area contributed by atoms with Crippen molar-refractivity contribution in [2.45, 2.75) is 101 Å². The molecular formula is C27H38N4O3. The number of hydrogen-bond acceptors (Lipinski definition) is 5. The second-order valence-corrected chi connectivity index (χ2v) is 10.7. The van der Waals surface area contributed by atoms with E-state index < -0.39 is 11.8 Å². The number of aromatic nitrogens is 2. The summed E-state index contributed by atoms with van der Waals surface area (Å²) < 4.78 is 1.95. The zero-order chi connectivity index (χ0) is 23.7. The molecule has 1 unspecified atom stereocenters. The van der Waals surface area contributed by atoms with E-state index in [1.165, 1.54) is 57.8 Å². The van der Waals surface area contributed by atoms with Gasteiger partial charge in [-0.3, -0.25) is 14.5 Å². The lowest BCUT2D eigenvalue weighted by Gasteiger charge is -2.45.